The second-order valence-electron chi connectivity index (χ2n) is 5.58. The third kappa shape index (κ3) is 3.28. The zero-order valence-corrected chi connectivity index (χ0v) is 13.3. The van der Waals surface area contributed by atoms with E-state index in [2.05, 4.69) is 10.3 Å². The number of hydrogen-bond donors (Lipinski definition) is 1. The smallest absolute Gasteiger partial charge is 0.334 e. The number of ether oxygens (including phenoxy) is 1. The van der Waals surface area contributed by atoms with E-state index in [1.165, 1.54) is 4.90 Å². The lowest BCUT2D eigenvalue weighted by Gasteiger charge is -2.30. The number of carboxylic acid groups (broad SMARTS) is 1. The summed E-state index contributed by atoms with van der Waals surface area (Å²) in [5.74, 6) is -1.23. The van der Waals surface area contributed by atoms with Crippen LogP contribution in [-0.4, -0.2) is 62.7 Å². The molecule has 1 aromatic heterocycles. The van der Waals surface area contributed by atoms with E-state index in [-0.39, 0.29) is 25.5 Å². The number of amides is 1. The van der Waals surface area contributed by atoms with Crippen LogP contribution in [0.1, 0.15) is 11.4 Å². The minimum atomic E-state index is -1.06. The number of carbonyl (C=O) groups is 2. The van der Waals surface area contributed by atoms with Gasteiger partial charge in [-0.15, -0.1) is 5.10 Å². The Morgan fingerprint density at radius 3 is 2.79 bits per heavy atom. The van der Waals surface area contributed by atoms with Gasteiger partial charge in [0.15, 0.2) is 6.10 Å². The SMILES string of the molecule is Cc1c(CC(=O)N2CCOC(C(=O)O)C2)nnn1-c1ccccc1. The van der Waals surface area contributed by atoms with Crippen LogP contribution in [0.15, 0.2) is 30.3 Å². The summed E-state index contributed by atoms with van der Waals surface area (Å²) in [5, 5.41) is 17.2. The molecule has 1 atom stereocenters. The highest BCUT2D eigenvalue weighted by molar-refractivity contribution is 5.80. The molecule has 0 spiro atoms. The van der Waals surface area contributed by atoms with Crippen molar-refractivity contribution < 1.29 is 19.4 Å². The molecule has 1 fully saturated rings. The number of nitrogens with zero attached hydrogens (tertiary/aromatic N) is 4. The number of aromatic nitrogens is 3. The number of morpholine rings is 1. The highest BCUT2D eigenvalue weighted by Crippen LogP contribution is 2.14. The molecule has 0 radical (unpaired) electrons. The van der Waals surface area contributed by atoms with Gasteiger partial charge >= 0.3 is 5.97 Å². The zero-order chi connectivity index (χ0) is 17.1. The Labute approximate surface area is 138 Å². The lowest BCUT2D eigenvalue weighted by atomic mass is 10.2. The quantitative estimate of drug-likeness (QED) is 0.873. The molecular formula is C16H18N4O4. The molecule has 1 N–H and O–H groups in total. The average molecular weight is 330 g/mol. The third-order valence-corrected chi connectivity index (χ3v) is 4.00. The van der Waals surface area contributed by atoms with Gasteiger partial charge in [0, 0.05) is 6.54 Å². The summed E-state index contributed by atoms with van der Waals surface area (Å²) >= 11 is 0. The average Bonchev–Trinajstić information content (AvgIpc) is 2.96. The van der Waals surface area contributed by atoms with E-state index in [4.69, 9.17) is 9.84 Å². The van der Waals surface area contributed by atoms with Gasteiger partial charge in [-0.2, -0.15) is 0 Å². The zero-order valence-electron chi connectivity index (χ0n) is 13.3. The fraction of sp³-hybridized carbons (Fsp3) is 0.375. The first kappa shape index (κ1) is 16.1. The Kier molecular flexibility index (Phi) is 4.57. The van der Waals surface area contributed by atoms with Crippen molar-refractivity contribution in [1.29, 1.82) is 0 Å². The molecule has 1 saturated heterocycles. The molecular weight excluding hydrogens is 312 g/mol. The lowest BCUT2D eigenvalue weighted by molar-refractivity contribution is -0.159. The fourth-order valence-electron chi connectivity index (χ4n) is 2.62. The van der Waals surface area contributed by atoms with Crippen LogP contribution in [0.4, 0.5) is 0 Å². The predicted octanol–water partition coefficient (Wildman–Crippen LogP) is 0.430. The van der Waals surface area contributed by atoms with Gasteiger partial charge in [-0.25, -0.2) is 9.48 Å². The third-order valence-electron chi connectivity index (χ3n) is 4.00. The van der Waals surface area contributed by atoms with Crippen LogP contribution in [0.25, 0.3) is 5.69 Å². The number of rotatable bonds is 4. The molecule has 1 aliphatic heterocycles. The van der Waals surface area contributed by atoms with Gasteiger partial charge in [-0.3, -0.25) is 4.79 Å². The molecule has 2 heterocycles. The molecule has 1 unspecified atom stereocenters. The highest BCUT2D eigenvalue weighted by Gasteiger charge is 2.29. The minimum Gasteiger partial charge on any atom is -0.479 e. The van der Waals surface area contributed by atoms with Crippen molar-refractivity contribution in [2.24, 2.45) is 0 Å². The molecule has 126 valence electrons. The monoisotopic (exact) mass is 330 g/mol. The standard InChI is InChI=1S/C16H18N4O4/c1-11-13(17-18-20(11)12-5-3-2-4-6-12)9-15(21)19-7-8-24-14(10-19)16(22)23/h2-6,14H,7-10H2,1H3,(H,22,23). The summed E-state index contributed by atoms with van der Waals surface area (Å²) in [5.41, 5.74) is 2.25. The van der Waals surface area contributed by atoms with Crippen molar-refractivity contribution in [2.45, 2.75) is 19.4 Å². The molecule has 3 rings (SSSR count). The highest BCUT2D eigenvalue weighted by atomic mass is 16.5. The second kappa shape index (κ2) is 6.79. The van der Waals surface area contributed by atoms with Gasteiger partial charge in [0.2, 0.25) is 5.91 Å². The molecule has 24 heavy (non-hydrogen) atoms. The van der Waals surface area contributed by atoms with Crippen molar-refractivity contribution in [3.05, 3.63) is 41.7 Å². The van der Waals surface area contributed by atoms with E-state index >= 15 is 0 Å². The fourth-order valence-corrected chi connectivity index (χ4v) is 2.62. The Balaban J connectivity index is 1.71. The van der Waals surface area contributed by atoms with Gasteiger partial charge in [0.1, 0.15) is 0 Å². The van der Waals surface area contributed by atoms with Crippen LogP contribution in [0.2, 0.25) is 0 Å². The summed E-state index contributed by atoms with van der Waals surface area (Å²) < 4.78 is 6.81. The molecule has 8 heteroatoms. The van der Waals surface area contributed by atoms with Crippen molar-refractivity contribution in [3.8, 4) is 5.69 Å². The van der Waals surface area contributed by atoms with Crippen molar-refractivity contribution >= 4 is 11.9 Å². The van der Waals surface area contributed by atoms with E-state index in [0.29, 0.717) is 12.2 Å². The summed E-state index contributed by atoms with van der Waals surface area (Å²) in [7, 11) is 0. The Morgan fingerprint density at radius 1 is 1.33 bits per heavy atom. The lowest BCUT2D eigenvalue weighted by Crippen LogP contribution is -2.49. The number of carboxylic acids is 1. The molecule has 1 aromatic carbocycles. The Hall–Kier alpha value is -2.74. The van der Waals surface area contributed by atoms with E-state index < -0.39 is 12.1 Å². The predicted molar refractivity (Wildman–Crippen MR) is 83.8 cm³/mol. The van der Waals surface area contributed by atoms with E-state index in [0.717, 1.165) is 11.4 Å². The summed E-state index contributed by atoms with van der Waals surface area (Å²) in [6.45, 7) is 2.52. The van der Waals surface area contributed by atoms with Crippen LogP contribution in [0.5, 0.6) is 0 Å². The first-order valence-corrected chi connectivity index (χ1v) is 7.65. The number of para-hydroxylation sites is 1. The van der Waals surface area contributed by atoms with Gasteiger partial charge < -0.3 is 14.7 Å². The van der Waals surface area contributed by atoms with Crippen LogP contribution >= 0.6 is 0 Å². The van der Waals surface area contributed by atoms with Gasteiger partial charge in [0.25, 0.3) is 0 Å². The van der Waals surface area contributed by atoms with Gasteiger partial charge in [-0.05, 0) is 19.1 Å². The van der Waals surface area contributed by atoms with Crippen molar-refractivity contribution in [2.75, 3.05) is 19.7 Å². The van der Waals surface area contributed by atoms with E-state index in [1.54, 1.807) is 4.68 Å². The second-order valence-corrected chi connectivity index (χ2v) is 5.58. The number of carbonyl (C=O) groups excluding carboxylic acids is 1. The molecule has 1 amide bonds. The molecule has 0 saturated carbocycles. The summed E-state index contributed by atoms with van der Waals surface area (Å²) in [6, 6.07) is 9.54. The Morgan fingerprint density at radius 2 is 2.08 bits per heavy atom. The van der Waals surface area contributed by atoms with Gasteiger partial charge in [-0.1, -0.05) is 23.4 Å². The van der Waals surface area contributed by atoms with Crippen LogP contribution in [0, 0.1) is 6.92 Å². The first-order chi connectivity index (χ1) is 11.6. The normalized spacial score (nSPS) is 17.7. The van der Waals surface area contributed by atoms with E-state index in [1.807, 2.05) is 37.3 Å². The summed E-state index contributed by atoms with van der Waals surface area (Å²) in [4.78, 5) is 24.9. The maximum absolute atomic E-state index is 12.4. The maximum Gasteiger partial charge on any atom is 0.334 e. The Bertz CT molecular complexity index is 744. The largest absolute Gasteiger partial charge is 0.479 e. The topological polar surface area (TPSA) is 97.6 Å². The van der Waals surface area contributed by atoms with Crippen LogP contribution in [0.3, 0.4) is 0 Å². The molecule has 8 nitrogen and oxygen atoms in total. The number of hydrogen-bond acceptors (Lipinski definition) is 5. The van der Waals surface area contributed by atoms with Crippen LogP contribution in [-0.2, 0) is 20.7 Å². The first-order valence-electron chi connectivity index (χ1n) is 7.65. The molecule has 1 aliphatic rings. The minimum absolute atomic E-state index is 0.0556. The maximum atomic E-state index is 12.4. The van der Waals surface area contributed by atoms with Gasteiger partial charge in [0.05, 0.1) is 36.6 Å². The molecule has 0 bridgehead atoms. The molecule has 2 aromatic rings. The van der Waals surface area contributed by atoms with E-state index in [9.17, 15) is 9.59 Å². The number of aliphatic carboxylic acids is 1. The van der Waals surface area contributed by atoms with Crippen LogP contribution < -0.4 is 0 Å². The summed E-state index contributed by atoms with van der Waals surface area (Å²) in [6.07, 6.45) is -0.880. The van der Waals surface area contributed by atoms with Crippen molar-refractivity contribution in [1.82, 2.24) is 19.9 Å². The van der Waals surface area contributed by atoms with Crippen molar-refractivity contribution in [3.63, 3.8) is 0 Å². The molecule has 0 aliphatic carbocycles. The number of benzene rings is 1.